The van der Waals surface area contributed by atoms with E-state index in [0.29, 0.717) is 0 Å². The lowest BCUT2D eigenvalue weighted by molar-refractivity contribution is 0.0550. The third-order valence-electron chi connectivity index (χ3n) is 1.31. The van der Waals surface area contributed by atoms with Crippen LogP contribution in [-0.4, -0.2) is 52.9 Å². The number of rotatable bonds is 5. The third kappa shape index (κ3) is 2.74. The first-order valence-corrected chi connectivity index (χ1v) is 3.02. The molecule has 0 saturated carbocycles. The predicted octanol–water partition coefficient (Wildman–Crippen LogP) is -3.35. The molecule has 0 aromatic heterocycles. The van der Waals surface area contributed by atoms with Gasteiger partial charge in [-0.3, -0.25) is 0 Å². The lowest BCUT2D eigenvalue weighted by atomic mass is 9.66. The largest absolute Gasteiger partial charge is 0.482 e. The summed E-state index contributed by atoms with van der Waals surface area (Å²) in [7, 11) is -1.58. The maximum Gasteiger partial charge on any atom is 0.482 e. The Morgan fingerprint density at radius 1 is 1.27 bits per heavy atom. The molecule has 0 radical (unpaired) electrons. The molecule has 6 N–H and O–H groups in total. The van der Waals surface area contributed by atoms with Crippen molar-refractivity contribution in [2.75, 3.05) is 20.0 Å². The molecule has 0 heterocycles. The first-order chi connectivity index (χ1) is 5.10. The Kier molecular flexibility index (Phi) is 4.58. The van der Waals surface area contributed by atoms with Crippen LogP contribution in [0.4, 0.5) is 0 Å². The number of hydrogen-bond donors (Lipinski definition) is 5. The van der Waals surface area contributed by atoms with Crippen LogP contribution in [0.25, 0.3) is 0 Å². The van der Waals surface area contributed by atoms with Gasteiger partial charge in [0.15, 0.2) is 0 Å². The SMILES string of the molecule is NC(CO)(CO)B(O)OCO. The van der Waals surface area contributed by atoms with E-state index in [1.807, 2.05) is 0 Å². The number of aliphatic hydroxyl groups excluding tert-OH is 3. The minimum atomic E-state index is -1.62. The van der Waals surface area contributed by atoms with Gasteiger partial charge in [0.2, 0.25) is 0 Å². The molecule has 6 nitrogen and oxygen atoms in total. The molecule has 0 aromatic carbocycles. The highest BCUT2D eigenvalue weighted by Gasteiger charge is 2.39. The fourth-order valence-electron chi connectivity index (χ4n) is 0.443. The average molecular weight is 165 g/mol. The number of hydrogen-bond acceptors (Lipinski definition) is 6. The highest BCUT2D eigenvalue weighted by atomic mass is 16.6. The Labute approximate surface area is 64.4 Å². The summed E-state index contributed by atoms with van der Waals surface area (Å²) in [4.78, 5) is 0. The fourth-order valence-corrected chi connectivity index (χ4v) is 0.443. The first kappa shape index (κ1) is 10.8. The maximum atomic E-state index is 8.94. The Hall–Kier alpha value is -0.175. The van der Waals surface area contributed by atoms with Gasteiger partial charge in [-0.1, -0.05) is 0 Å². The Bertz CT molecular complexity index is 109. The van der Waals surface area contributed by atoms with Crippen LogP contribution in [0.2, 0.25) is 0 Å². The van der Waals surface area contributed by atoms with E-state index in [-0.39, 0.29) is 0 Å². The van der Waals surface area contributed by atoms with Crippen molar-refractivity contribution in [3.05, 3.63) is 0 Å². The first-order valence-electron chi connectivity index (χ1n) is 3.02. The van der Waals surface area contributed by atoms with Gasteiger partial charge in [-0.2, -0.15) is 0 Å². The lowest BCUT2D eigenvalue weighted by Gasteiger charge is -2.25. The molecule has 0 aliphatic heterocycles. The van der Waals surface area contributed by atoms with E-state index < -0.39 is 32.6 Å². The second kappa shape index (κ2) is 4.65. The molecule has 0 bridgehead atoms. The van der Waals surface area contributed by atoms with E-state index >= 15 is 0 Å². The van der Waals surface area contributed by atoms with Gasteiger partial charge >= 0.3 is 7.12 Å². The Balaban J connectivity index is 4.00. The van der Waals surface area contributed by atoms with E-state index in [1.54, 1.807) is 0 Å². The zero-order valence-corrected chi connectivity index (χ0v) is 5.97. The van der Waals surface area contributed by atoms with Crippen LogP contribution >= 0.6 is 0 Å². The van der Waals surface area contributed by atoms with Gasteiger partial charge in [-0.25, -0.2) is 0 Å². The van der Waals surface area contributed by atoms with Crippen molar-refractivity contribution in [2.24, 2.45) is 5.73 Å². The van der Waals surface area contributed by atoms with Crippen LogP contribution in [0, 0.1) is 0 Å². The minimum absolute atomic E-state index is 0.634. The average Bonchev–Trinajstić information content (AvgIpc) is 2.03. The highest BCUT2D eigenvalue weighted by Crippen LogP contribution is 2.02. The summed E-state index contributed by atoms with van der Waals surface area (Å²) in [6.45, 7) is -1.99. The van der Waals surface area contributed by atoms with E-state index in [9.17, 15) is 0 Å². The molecule has 0 aliphatic carbocycles. The predicted molar refractivity (Wildman–Crippen MR) is 37.2 cm³/mol. The molecule has 0 rings (SSSR count). The van der Waals surface area contributed by atoms with Crippen molar-refractivity contribution in [3.63, 3.8) is 0 Å². The monoisotopic (exact) mass is 165 g/mol. The molecule has 0 unspecified atom stereocenters. The molecule has 0 amide bonds. The van der Waals surface area contributed by atoms with Crippen molar-refractivity contribution < 1.29 is 25.0 Å². The smallest absolute Gasteiger partial charge is 0.426 e. The van der Waals surface area contributed by atoms with Gasteiger partial charge in [0.05, 0.1) is 18.7 Å². The molecule has 0 aliphatic rings. The number of nitrogens with two attached hydrogens (primary N) is 1. The van der Waals surface area contributed by atoms with Crippen LogP contribution in [0.5, 0.6) is 0 Å². The standard InChI is InChI=1S/C4H12BNO5/c6-4(1-7,2-8)5(10)11-3-9/h7-10H,1-3,6H2. The van der Waals surface area contributed by atoms with Crippen LogP contribution < -0.4 is 5.73 Å². The van der Waals surface area contributed by atoms with E-state index in [2.05, 4.69) is 4.65 Å². The van der Waals surface area contributed by atoms with Crippen LogP contribution in [-0.2, 0) is 4.65 Å². The number of aliphatic hydroxyl groups is 3. The maximum absolute atomic E-state index is 8.94. The van der Waals surface area contributed by atoms with Gasteiger partial charge < -0.3 is 30.7 Å². The van der Waals surface area contributed by atoms with Crippen LogP contribution in [0.3, 0.4) is 0 Å². The fraction of sp³-hybridized carbons (Fsp3) is 1.00. The second-order valence-corrected chi connectivity index (χ2v) is 2.20. The van der Waals surface area contributed by atoms with E-state index in [4.69, 9.17) is 26.1 Å². The Morgan fingerprint density at radius 3 is 2.00 bits per heavy atom. The normalized spacial score (nSPS) is 11.7. The quantitative estimate of drug-likeness (QED) is 0.215. The third-order valence-corrected chi connectivity index (χ3v) is 1.31. The molecule has 0 atom stereocenters. The van der Waals surface area contributed by atoms with Crippen LogP contribution in [0.1, 0.15) is 0 Å². The highest BCUT2D eigenvalue weighted by molar-refractivity contribution is 6.47. The molecule has 0 saturated heterocycles. The summed E-state index contributed by atoms with van der Waals surface area (Å²) < 4.78 is 4.25. The van der Waals surface area contributed by atoms with Gasteiger partial charge in [0.25, 0.3) is 0 Å². The zero-order valence-electron chi connectivity index (χ0n) is 5.97. The van der Waals surface area contributed by atoms with Gasteiger partial charge in [-0.15, -0.1) is 0 Å². The van der Waals surface area contributed by atoms with Gasteiger partial charge in [-0.05, 0) is 0 Å². The molecule has 66 valence electrons. The van der Waals surface area contributed by atoms with Crippen molar-refractivity contribution in [2.45, 2.75) is 5.44 Å². The van der Waals surface area contributed by atoms with Crippen molar-refractivity contribution in [1.29, 1.82) is 0 Å². The molecular formula is C4H12BNO5. The second-order valence-electron chi connectivity index (χ2n) is 2.20. The zero-order chi connectivity index (χ0) is 8.91. The molecule has 0 aromatic rings. The van der Waals surface area contributed by atoms with E-state index in [1.165, 1.54) is 0 Å². The summed E-state index contributed by atoms with van der Waals surface area (Å²) >= 11 is 0. The van der Waals surface area contributed by atoms with E-state index in [0.717, 1.165) is 0 Å². The minimum Gasteiger partial charge on any atom is -0.426 e. The van der Waals surface area contributed by atoms with Gasteiger partial charge in [0.1, 0.15) is 6.79 Å². The Morgan fingerprint density at radius 2 is 1.73 bits per heavy atom. The lowest BCUT2D eigenvalue weighted by Crippen LogP contribution is -2.61. The summed E-state index contributed by atoms with van der Waals surface area (Å²) in [5.41, 5.74) is 3.62. The summed E-state index contributed by atoms with van der Waals surface area (Å²) in [5, 5.41) is 34.3. The summed E-state index contributed by atoms with van der Waals surface area (Å²) in [6, 6.07) is 0. The van der Waals surface area contributed by atoms with Crippen molar-refractivity contribution >= 4 is 7.12 Å². The van der Waals surface area contributed by atoms with Gasteiger partial charge in [0, 0.05) is 0 Å². The van der Waals surface area contributed by atoms with Crippen LogP contribution in [0.15, 0.2) is 0 Å². The molecule has 0 spiro atoms. The topological polar surface area (TPSA) is 116 Å². The van der Waals surface area contributed by atoms with Crippen molar-refractivity contribution in [3.8, 4) is 0 Å². The molecular weight excluding hydrogens is 153 g/mol. The molecule has 0 fully saturated rings. The summed E-state index contributed by atoms with van der Waals surface area (Å²) in [6.07, 6.45) is 0. The molecule has 7 heteroatoms. The molecule has 11 heavy (non-hydrogen) atoms. The van der Waals surface area contributed by atoms with Crippen molar-refractivity contribution in [1.82, 2.24) is 0 Å². The summed E-state index contributed by atoms with van der Waals surface area (Å²) in [5.74, 6) is 0.